The van der Waals surface area contributed by atoms with Gasteiger partial charge in [0.25, 0.3) is 0 Å². The maximum atomic E-state index is 3.37. The van der Waals surface area contributed by atoms with Crippen molar-refractivity contribution in [1.29, 1.82) is 0 Å². The Labute approximate surface area is 68.4 Å². The molecule has 1 aromatic carbocycles. The molecule has 11 heavy (non-hydrogen) atoms. The summed E-state index contributed by atoms with van der Waals surface area (Å²) in [7, 11) is 0. The Bertz CT molecular complexity index is 193. The molecule has 0 aliphatic heterocycles. The average Bonchev–Trinajstić information content (AvgIpc) is 2.06. The molecular weight excluding hydrogens is 134 g/mol. The second kappa shape index (κ2) is 4.02. The maximum absolute atomic E-state index is 3.37. The Morgan fingerprint density at radius 3 is 2.64 bits per heavy atom. The SMILES string of the molecule is CCC(C)Nc1cc[c]cc1. The van der Waals surface area contributed by atoms with Gasteiger partial charge in [0.2, 0.25) is 0 Å². The molecule has 1 N–H and O–H groups in total. The highest BCUT2D eigenvalue weighted by Crippen LogP contribution is 2.07. The van der Waals surface area contributed by atoms with Crippen molar-refractivity contribution in [3.63, 3.8) is 0 Å². The van der Waals surface area contributed by atoms with E-state index in [2.05, 4.69) is 25.2 Å². The van der Waals surface area contributed by atoms with Crippen molar-refractivity contribution >= 4 is 5.69 Å². The normalized spacial score (nSPS) is 12.5. The van der Waals surface area contributed by atoms with Crippen molar-refractivity contribution in [2.24, 2.45) is 0 Å². The fourth-order valence-electron chi connectivity index (χ4n) is 0.870. The van der Waals surface area contributed by atoms with Crippen molar-refractivity contribution in [3.05, 3.63) is 30.3 Å². The topological polar surface area (TPSA) is 12.0 Å². The van der Waals surface area contributed by atoms with Crippen LogP contribution < -0.4 is 5.32 Å². The summed E-state index contributed by atoms with van der Waals surface area (Å²) in [5.41, 5.74) is 1.18. The lowest BCUT2D eigenvalue weighted by Gasteiger charge is -2.11. The number of rotatable bonds is 3. The van der Waals surface area contributed by atoms with Crippen molar-refractivity contribution in [2.75, 3.05) is 5.32 Å². The third kappa shape index (κ3) is 2.62. The predicted octanol–water partition coefficient (Wildman–Crippen LogP) is 2.70. The highest BCUT2D eigenvalue weighted by Gasteiger charge is 1.95. The fraction of sp³-hybridized carbons (Fsp3) is 0.400. The number of anilines is 1. The molecule has 0 saturated carbocycles. The van der Waals surface area contributed by atoms with Crippen LogP contribution in [0, 0.1) is 6.07 Å². The largest absolute Gasteiger partial charge is 0.383 e. The summed E-state index contributed by atoms with van der Waals surface area (Å²) in [6, 6.07) is 11.4. The van der Waals surface area contributed by atoms with E-state index < -0.39 is 0 Å². The van der Waals surface area contributed by atoms with Crippen LogP contribution in [-0.2, 0) is 0 Å². The molecule has 0 saturated heterocycles. The van der Waals surface area contributed by atoms with Gasteiger partial charge in [-0.15, -0.1) is 0 Å². The lowest BCUT2D eigenvalue weighted by molar-refractivity contribution is 0.764. The Morgan fingerprint density at radius 2 is 2.09 bits per heavy atom. The Kier molecular flexibility index (Phi) is 2.96. The molecule has 0 amide bonds. The molecule has 0 fully saturated rings. The molecule has 0 heterocycles. The lowest BCUT2D eigenvalue weighted by Crippen LogP contribution is -2.12. The van der Waals surface area contributed by atoms with E-state index in [1.54, 1.807) is 0 Å². The quantitative estimate of drug-likeness (QED) is 0.695. The van der Waals surface area contributed by atoms with Crippen LogP contribution in [0.15, 0.2) is 24.3 Å². The summed E-state index contributed by atoms with van der Waals surface area (Å²) in [4.78, 5) is 0. The summed E-state index contributed by atoms with van der Waals surface area (Å²) in [5.74, 6) is 0. The van der Waals surface area contributed by atoms with Crippen molar-refractivity contribution in [3.8, 4) is 0 Å². The van der Waals surface area contributed by atoms with Crippen molar-refractivity contribution in [1.82, 2.24) is 0 Å². The van der Waals surface area contributed by atoms with Gasteiger partial charge < -0.3 is 5.32 Å². The van der Waals surface area contributed by atoms with Gasteiger partial charge in [-0.3, -0.25) is 0 Å². The van der Waals surface area contributed by atoms with E-state index in [0.717, 1.165) is 6.42 Å². The molecule has 59 valence electrons. The van der Waals surface area contributed by atoms with Gasteiger partial charge in [-0.05, 0) is 31.5 Å². The van der Waals surface area contributed by atoms with E-state index in [-0.39, 0.29) is 0 Å². The van der Waals surface area contributed by atoms with Gasteiger partial charge in [0.05, 0.1) is 0 Å². The first-order chi connectivity index (χ1) is 5.33. The molecule has 1 aromatic rings. The Hall–Kier alpha value is -0.980. The minimum atomic E-state index is 0.553. The van der Waals surface area contributed by atoms with Gasteiger partial charge in [0, 0.05) is 11.7 Å². The lowest BCUT2D eigenvalue weighted by atomic mass is 10.2. The first-order valence-electron chi connectivity index (χ1n) is 4.05. The molecule has 1 radical (unpaired) electrons. The average molecular weight is 148 g/mol. The van der Waals surface area contributed by atoms with E-state index in [1.165, 1.54) is 5.69 Å². The molecule has 1 atom stereocenters. The van der Waals surface area contributed by atoms with Crippen LogP contribution in [0.4, 0.5) is 5.69 Å². The standard InChI is InChI=1S/C10H14N/c1-3-9(2)11-10-7-5-4-6-8-10/h5-9,11H,3H2,1-2H3. The minimum absolute atomic E-state index is 0.553. The summed E-state index contributed by atoms with van der Waals surface area (Å²) >= 11 is 0. The zero-order valence-corrected chi connectivity index (χ0v) is 7.09. The molecule has 0 spiro atoms. The van der Waals surface area contributed by atoms with Crippen LogP contribution in [0.1, 0.15) is 20.3 Å². The second-order valence-corrected chi connectivity index (χ2v) is 2.74. The van der Waals surface area contributed by atoms with Crippen LogP contribution in [0.2, 0.25) is 0 Å². The Balaban J connectivity index is 2.51. The number of hydrogen-bond donors (Lipinski definition) is 1. The molecule has 1 rings (SSSR count). The number of hydrogen-bond acceptors (Lipinski definition) is 1. The summed E-state index contributed by atoms with van der Waals surface area (Å²) in [5, 5.41) is 3.37. The van der Waals surface area contributed by atoms with E-state index in [0.29, 0.717) is 6.04 Å². The van der Waals surface area contributed by atoms with Crippen LogP contribution in [0.3, 0.4) is 0 Å². The molecule has 0 bridgehead atoms. The highest BCUT2D eigenvalue weighted by molar-refractivity contribution is 5.42. The van der Waals surface area contributed by atoms with Gasteiger partial charge in [-0.2, -0.15) is 0 Å². The first kappa shape index (κ1) is 8.12. The molecule has 0 aliphatic carbocycles. The smallest absolute Gasteiger partial charge is 0.0342 e. The van der Waals surface area contributed by atoms with Crippen LogP contribution in [0.25, 0.3) is 0 Å². The van der Waals surface area contributed by atoms with Gasteiger partial charge in [-0.1, -0.05) is 19.1 Å². The van der Waals surface area contributed by atoms with Crippen LogP contribution in [0.5, 0.6) is 0 Å². The minimum Gasteiger partial charge on any atom is -0.383 e. The van der Waals surface area contributed by atoms with Gasteiger partial charge in [0.15, 0.2) is 0 Å². The van der Waals surface area contributed by atoms with Gasteiger partial charge in [0.1, 0.15) is 0 Å². The molecule has 1 heteroatoms. The zero-order chi connectivity index (χ0) is 8.10. The number of nitrogens with one attached hydrogen (secondary N) is 1. The van der Waals surface area contributed by atoms with Gasteiger partial charge in [-0.25, -0.2) is 0 Å². The molecule has 1 unspecified atom stereocenters. The predicted molar refractivity (Wildman–Crippen MR) is 48.7 cm³/mol. The molecular formula is C10H14N. The molecule has 1 nitrogen and oxygen atoms in total. The van der Waals surface area contributed by atoms with Gasteiger partial charge >= 0.3 is 0 Å². The summed E-state index contributed by atoms with van der Waals surface area (Å²) < 4.78 is 0. The number of benzene rings is 1. The monoisotopic (exact) mass is 148 g/mol. The van der Waals surface area contributed by atoms with E-state index in [9.17, 15) is 0 Å². The first-order valence-corrected chi connectivity index (χ1v) is 4.05. The fourth-order valence-corrected chi connectivity index (χ4v) is 0.870. The van der Waals surface area contributed by atoms with Crippen LogP contribution in [-0.4, -0.2) is 6.04 Å². The molecule has 0 aliphatic rings. The Morgan fingerprint density at radius 1 is 1.45 bits per heavy atom. The maximum Gasteiger partial charge on any atom is 0.0342 e. The van der Waals surface area contributed by atoms with Crippen molar-refractivity contribution in [2.45, 2.75) is 26.3 Å². The highest BCUT2D eigenvalue weighted by atomic mass is 14.9. The van der Waals surface area contributed by atoms with E-state index in [1.807, 2.05) is 24.3 Å². The molecule has 0 aromatic heterocycles. The van der Waals surface area contributed by atoms with Crippen molar-refractivity contribution < 1.29 is 0 Å². The third-order valence-electron chi connectivity index (χ3n) is 1.74. The zero-order valence-electron chi connectivity index (χ0n) is 7.09. The van der Waals surface area contributed by atoms with E-state index in [4.69, 9.17) is 0 Å². The van der Waals surface area contributed by atoms with Crippen LogP contribution >= 0.6 is 0 Å². The summed E-state index contributed by atoms with van der Waals surface area (Å²) in [6.07, 6.45) is 1.15. The summed E-state index contributed by atoms with van der Waals surface area (Å²) in [6.45, 7) is 4.35. The second-order valence-electron chi connectivity index (χ2n) is 2.74. The third-order valence-corrected chi connectivity index (χ3v) is 1.74. The van der Waals surface area contributed by atoms with E-state index >= 15 is 0 Å².